The van der Waals surface area contributed by atoms with Gasteiger partial charge in [0.2, 0.25) is 5.88 Å². The van der Waals surface area contributed by atoms with Crippen molar-refractivity contribution in [3.05, 3.63) is 64.7 Å². The van der Waals surface area contributed by atoms with Gasteiger partial charge in [0.25, 0.3) is 0 Å². The molecule has 0 aliphatic carbocycles. The lowest BCUT2D eigenvalue weighted by Crippen LogP contribution is -2.47. The van der Waals surface area contributed by atoms with Gasteiger partial charge >= 0.3 is 5.69 Å². The molecule has 33 heavy (non-hydrogen) atoms. The highest BCUT2D eigenvalue weighted by Gasteiger charge is 2.16. The summed E-state index contributed by atoms with van der Waals surface area (Å²) in [5.41, 5.74) is 0.300. The normalized spacial score (nSPS) is 15.6. The third-order valence-electron chi connectivity index (χ3n) is 5.74. The van der Waals surface area contributed by atoms with E-state index in [1.165, 1.54) is 29.1 Å². The van der Waals surface area contributed by atoms with Crippen LogP contribution in [0.15, 0.2) is 56.9 Å². The minimum absolute atomic E-state index is 0.142. The van der Waals surface area contributed by atoms with Crippen molar-refractivity contribution < 1.29 is 19.0 Å². The standard InChI is InChI=1S/C23H28FN5O4/c24-19-4-2-18(3-5-19)21-7-6-20(33-21)16-25-29-17-22(31)28(23(29)32)9-1-8-26-10-12-27(13-11-26)14-15-30/h2-7,16-17,30-31H,1,8-15H2. The number of imidazole rings is 1. The number of aromatic hydroxyl groups is 1. The van der Waals surface area contributed by atoms with E-state index in [0.29, 0.717) is 24.6 Å². The molecule has 3 heterocycles. The summed E-state index contributed by atoms with van der Waals surface area (Å²) in [6, 6.07) is 9.38. The van der Waals surface area contributed by atoms with Gasteiger partial charge in [-0.25, -0.2) is 9.18 Å². The van der Waals surface area contributed by atoms with Crippen molar-refractivity contribution >= 4 is 6.21 Å². The average Bonchev–Trinajstić information content (AvgIpc) is 3.39. The average molecular weight is 458 g/mol. The van der Waals surface area contributed by atoms with E-state index in [-0.39, 0.29) is 18.3 Å². The van der Waals surface area contributed by atoms with Crippen molar-refractivity contribution in [3.8, 4) is 17.2 Å². The van der Waals surface area contributed by atoms with Gasteiger partial charge in [-0.3, -0.25) is 9.47 Å². The Bertz CT molecular complexity index is 1130. The summed E-state index contributed by atoms with van der Waals surface area (Å²) in [5, 5.41) is 23.3. The molecule has 0 amide bonds. The number of piperazine rings is 1. The van der Waals surface area contributed by atoms with Gasteiger partial charge in [0.15, 0.2) is 0 Å². The number of nitrogens with zero attached hydrogens (tertiary/aromatic N) is 5. The fourth-order valence-corrected chi connectivity index (χ4v) is 3.89. The quantitative estimate of drug-likeness (QED) is 0.474. The molecule has 10 heteroatoms. The lowest BCUT2D eigenvalue weighted by atomic mass is 10.2. The Kier molecular flexibility index (Phi) is 7.38. The Morgan fingerprint density at radius 1 is 1.00 bits per heavy atom. The molecule has 1 aliphatic rings. The fraction of sp³-hybridized carbons (Fsp3) is 0.391. The van der Waals surface area contributed by atoms with E-state index in [1.807, 2.05) is 0 Å². The van der Waals surface area contributed by atoms with E-state index in [2.05, 4.69) is 14.9 Å². The van der Waals surface area contributed by atoms with Crippen molar-refractivity contribution in [2.24, 2.45) is 5.10 Å². The van der Waals surface area contributed by atoms with Crippen molar-refractivity contribution in [1.29, 1.82) is 0 Å². The molecule has 1 aliphatic heterocycles. The maximum atomic E-state index is 13.1. The third kappa shape index (κ3) is 5.78. The second-order valence-electron chi connectivity index (χ2n) is 7.98. The molecule has 0 bridgehead atoms. The summed E-state index contributed by atoms with van der Waals surface area (Å²) in [5.74, 6) is 0.517. The number of aliphatic hydroxyl groups is 1. The van der Waals surface area contributed by atoms with Crippen LogP contribution >= 0.6 is 0 Å². The molecular weight excluding hydrogens is 429 g/mol. The van der Waals surface area contributed by atoms with Gasteiger partial charge in [-0.05, 0) is 49.4 Å². The van der Waals surface area contributed by atoms with E-state index in [1.54, 1.807) is 24.3 Å². The van der Waals surface area contributed by atoms with E-state index >= 15 is 0 Å². The highest BCUT2D eigenvalue weighted by Crippen LogP contribution is 2.21. The summed E-state index contributed by atoms with van der Waals surface area (Å²) in [6.45, 7) is 5.79. The Labute approximate surface area is 190 Å². The van der Waals surface area contributed by atoms with Crippen LogP contribution in [0.25, 0.3) is 11.3 Å². The number of halogens is 1. The number of benzene rings is 1. The highest BCUT2D eigenvalue weighted by atomic mass is 19.1. The van der Waals surface area contributed by atoms with Crippen LogP contribution in [0.5, 0.6) is 5.88 Å². The Hall–Kier alpha value is -3.21. The van der Waals surface area contributed by atoms with Crippen LogP contribution in [-0.2, 0) is 6.54 Å². The van der Waals surface area contributed by atoms with Crippen LogP contribution in [0.1, 0.15) is 12.2 Å². The first-order valence-corrected chi connectivity index (χ1v) is 11.0. The number of furan rings is 1. The van der Waals surface area contributed by atoms with Crippen molar-refractivity contribution in [2.75, 3.05) is 45.9 Å². The highest BCUT2D eigenvalue weighted by molar-refractivity contribution is 5.77. The van der Waals surface area contributed by atoms with Gasteiger partial charge < -0.3 is 19.5 Å². The smallest absolute Gasteiger partial charge is 0.351 e. The maximum absolute atomic E-state index is 13.1. The number of hydrogen-bond donors (Lipinski definition) is 2. The first kappa shape index (κ1) is 23.0. The van der Waals surface area contributed by atoms with Crippen LogP contribution in [0.3, 0.4) is 0 Å². The molecule has 2 aromatic heterocycles. The van der Waals surface area contributed by atoms with Crippen molar-refractivity contribution in [2.45, 2.75) is 13.0 Å². The van der Waals surface area contributed by atoms with Crippen LogP contribution in [0.4, 0.5) is 4.39 Å². The molecule has 1 aromatic carbocycles. The second-order valence-corrected chi connectivity index (χ2v) is 7.98. The fourth-order valence-electron chi connectivity index (χ4n) is 3.89. The van der Waals surface area contributed by atoms with E-state index in [4.69, 9.17) is 9.52 Å². The first-order valence-electron chi connectivity index (χ1n) is 11.0. The molecule has 1 fully saturated rings. The molecule has 0 radical (unpaired) electrons. The molecule has 176 valence electrons. The van der Waals surface area contributed by atoms with Gasteiger partial charge in [0.1, 0.15) is 17.3 Å². The molecule has 1 saturated heterocycles. The minimum atomic E-state index is -0.429. The molecule has 0 spiro atoms. The molecule has 9 nitrogen and oxygen atoms in total. The van der Waals surface area contributed by atoms with Crippen LogP contribution in [-0.4, -0.2) is 81.3 Å². The number of rotatable bonds is 9. The number of β-amino-alcohol motifs (C(OH)–C–C–N with tert-alkyl or cyclic N) is 1. The number of aromatic nitrogens is 2. The SMILES string of the molecule is O=c1n(N=Cc2ccc(-c3ccc(F)cc3)o2)cc(O)n1CCCN1CCN(CCO)CC1. The third-order valence-corrected chi connectivity index (χ3v) is 5.74. The van der Waals surface area contributed by atoms with Crippen molar-refractivity contribution in [1.82, 2.24) is 19.0 Å². The van der Waals surface area contributed by atoms with Crippen LogP contribution < -0.4 is 5.69 Å². The lowest BCUT2D eigenvalue weighted by molar-refractivity contribution is 0.111. The van der Waals surface area contributed by atoms with Crippen LogP contribution in [0, 0.1) is 5.82 Å². The minimum Gasteiger partial charge on any atom is -0.493 e. The zero-order chi connectivity index (χ0) is 23.2. The molecule has 2 N–H and O–H groups in total. The molecule has 0 atom stereocenters. The van der Waals surface area contributed by atoms with Gasteiger partial charge in [-0.1, -0.05) is 0 Å². The zero-order valence-corrected chi connectivity index (χ0v) is 18.3. The molecule has 3 aromatic rings. The second kappa shape index (κ2) is 10.6. The van der Waals surface area contributed by atoms with E-state index in [9.17, 15) is 14.3 Å². The molecular formula is C23H28FN5O4. The monoisotopic (exact) mass is 457 g/mol. The predicted molar refractivity (Wildman–Crippen MR) is 122 cm³/mol. The van der Waals surface area contributed by atoms with E-state index in [0.717, 1.165) is 49.4 Å². The summed E-state index contributed by atoms with van der Waals surface area (Å²) < 4.78 is 21.1. The number of aliphatic hydroxyl groups excluding tert-OH is 1. The summed E-state index contributed by atoms with van der Waals surface area (Å²) in [7, 11) is 0. The van der Waals surface area contributed by atoms with E-state index < -0.39 is 5.69 Å². The molecule has 0 unspecified atom stereocenters. The van der Waals surface area contributed by atoms with Gasteiger partial charge in [-0.15, -0.1) is 0 Å². The molecule has 4 rings (SSSR count). The van der Waals surface area contributed by atoms with Gasteiger partial charge in [0, 0.05) is 44.8 Å². The first-order chi connectivity index (χ1) is 16.0. The summed E-state index contributed by atoms with van der Waals surface area (Å²) >= 11 is 0. The number of hydrogen-bond acceptors (Lipinski definition) is 7. The maximum Gasteiger partial charge on any atom is 0.351 e. The largest absolute Gasteiger partial charge is 0.493 e. The van der Waals surface area contributed by atoms with Gasteiger partial charge in [-0.2, -0.15) is 9.78 Å². The van der Waals surface area contributed by atoms with Gasteiger partial charge in [0.05, 0.1) is 19.0 Å². The summed E-state index contributed by atoms with van der Waals surface area (Å²) in [6.07, 6.45) is 3.39. The predicted octanol–water partition coefficient (Wildman–Crippen LogP) is 1.64. The van der Waals surface area contributed by atoms with Crippen LogP contribution in [0.2, 0.25) is 0 Å². The Balaban J connectivity index is 1.33. The topological polar surface area (TPSA) is 99.4 Å². The van der Waals surface area contributed by atoms with Crippen molar-refractivity contribution in [3.63, 3.8) is 0 Å². The lowest BCUT2D eigenvalue weighted by Gasteiger charge is -2.34. The zero-order valence-electron chi connectivity index (χ0n) is 18.3. The Morgan fingerprint density at radius 3 is 2.39 bits per heavy atom. The Morgan fingerprint density at radius 2 is 1.70 bits per heavy atom. The summed E-state index contributed by atoms with van der Waals surface area (Å²) in [4.78, 5) is 17.2. The molecule has 0 saturated carbocycles.